The second kappa shape index (κ2) is 9.74. The second-order valence-corrected chi connectivity index (χ2v) is 10.6. The average Bonchev–Trinajstić information content (AvgIpc) is 3.04. The van der Waals surface area contributed by atoms with Gasteiger partial charge in [-0.15, -0.1) is 0 Å². The first-order chi connectivity index (χ1) is 17.5. The fraction of sp³-hybridized carbons (Fsp3) is 0.538. The van der Waals surface area contributed by atoms with Crippen LogP contribution >= 0.6 is 0 Å². The van der Waals surface area contributed by atoms with Gasteiger partial charge in [0.15, 0.2) is 0 Å². The number of hydrogen-bond donors (Lipinski definition) is 2. The van der Waals surface area contributed by atoms with Crippen molar-refractivity contribution in [3.05, 3.63) is 63.3 Å². The lowest BCUT2D eigenvalue weighted by molar-refractivity contribution is -0.104. The number of piperidine rings is 1. The van der Waals surface area contributed by atoms with Crippen molar-refractivity contribution in [3.8, 4) is 0 Å². The molecule has 3 aliphatic rings. The average molecular weight is 525 g/mol. The Labute approximate surface area is 210 Å². The highest BCUT2D eigenvalue weighted by Gasteiger charge is 2.47. The highest BCUT2D eigenvalue weighted by atomic mass is 19.3. The van der Waals surface area contributed by atoms with Crippen LogP contribution in [0.5, 0.6) is 0 Å². The molecule has 6 nitrogen and oxygen atoms in total. The van der Waals surface area contributed by atoms with Gasteiger partial charge in [0.25, 0.3) is 23.8 Å². The third-order valence-electron chi connectivity index (χ3n) is 7.91. The van der Waals surface area contributed by atoms with E-state index >= 15 is 0 Å². The molecule has 2 saturated carbocycles. The number of fused-ring (bicyclic) bond motifs is 2. The molecule has 200 valence electrons. The summed E-state index contributed by atoms with van der Waals surface area (Å²) in [4.78, 5) is 28.4. The van der Waals surface area contributed by atoms with Crippen LogP contribution in [0.15, 0.2) is 35.3 Å². The van der Waals surface area contributed by atoms with Gasteiger partial charge in [-0.05, 0) is 31.7 Å². The molecule has 2 bridgehead atoms. The van der Waals surface area contributed by atoms with E-state index in [1.807, 2.05) is 0 Å². The number of likely N-dealkylation sites (tertiary alicyclic amines) is 1. The third-order valence-corrected chi connectivity index (χ3v) is 7.91. The standard InChI is InChI=1S/C26H29F5N4O2/c1-34-11-15-5-6-16(12-34)23(15)33-20-7-21(36)35(17-8-26(30,31)9-17)13-19(20)25(37)32-10-14-3-2-4-18(22(14)27)24(28)29/h2-4,7,13,15-17,23-24,33H,5-6,8-12H2,1H3,(H,32,37)/t15-,16?,23?/m0/s1. The van der Waals surface area contributed by atoms with E-state index < -0.39 is 54.1 Å². The zero-order valence-corrected chi connectivity index (χ0v) is 20.3. The maximum Gasteiger partial charge on any atom is 0.266 e. The van der Waals surface area contributed by atoms with Crippen molar-refractivity contribution in [2.45, 2.75) is 56.7 Å². The normalized spacial score (nSPS) is 25.2. The van der Waals surface area contributed by atoms with Gasteiger partial charge in [-0.1, -0.05) is 18.2 Å². The van der Waals surface area contributed by atoms with E-state index in [1.54, 1.807) is 0 Å². The first-order valence-electron chi connectivity index (χ1n) is 12.4. The summed E-state index contributed by atoms with van der Waals surface area (Å²) in [6, 6.07) is 4.14. The number of hydrogen-bond acceptors (Lipinski definition) is 4. The van der Waals surface area contributed by atoms with Gasteiger partial charge in [0.1, 0.15) is 5.82 Å². The summed E-state index contributed by atoms with van der Waals surface area (Å²) >= 11 is 0. The number of benzene rings is 1. The minimum Gasteiger partial charge on any atom is -0.381 e. The smallest absolute Gasteiger partial charge is 0.266 e. The summed E-state index contributed by atoms with van der Waals surface area (Å²) in [5.74, 6) is -3.95. The second-order valence-electron chi connectivity index (χ2n) is 10.6. The molecule has 0 radical (unpaired) electrons. The number of rotatable bonds is 7. The van der Waals surface area contributed by atoms with Crippen LogP contribution in [0, 0.1) is 17.7 Å². The molecule has 37 heavy (non-hydrogen) atoms. The van der Waals surface area contributed by atoms with Crippen molar-refractivity contribution in [1.82, 2.24) is 14.8 Å². The number of amides is 1. The Balaban J connectivity index is 1.42. The molecule has 1 amide bonds. The number of pyridine rings is 1. The molecule has 2 aromatic rings. The largest absolute Gasteiger partial charge is 0.381 e. The predicted molar refractivity (Wildman–Crippen MR) is 128 cm³/mol. The Kier molecular flexibility index (Phi) is 6.76. The molecule has 5 rings (SSSR count). The number of nitrogens with one attached hydrogen (secondary N) is 2. The van der Waals surface area contributed by atoms with E-state index in [4.69, 9.17) is 0 Å². The van der Waals surface area contributed by atoms with Crippen molar-refractivity contribution in [3.63, 3.8) is 0 Å². The topological polar surface area (TPSA) is 66.4 Å². The summed E-state index contributed by atoms with van der Waals surface area (Å²) in [6.07, 6.45) is -0.676. The number of carbonyl (C=O) groups excluding carboxylic acids is 1. The van der Waals surface area contributed by atoms with Crippen LogP contribution < -0.4 is 16.2 Å². The molecule has 2 N–H and O–H groups in total. The van der Waals surface area contributed by atoms with Crippen molar-refractivity contribution >= 4 is 11.6 Å². The molecule has 1 saturated heterocycles. The van der Waals surface area contributed by atoms with Crippen molar-refractivity contribution < 1.29 is 26.7 Å². The molecule has 2 heterocycles. The van der Waals surface area contributed by atoms with Gasteiger partial charge >= 0.3 is 0 Å². The van der Waals surface area contributed by atoms with Gasteiger partial charge in [-0.2, -0.15) is 0 Å². The molecule has 3 fully saturated rings. The van der Waals surface area contributed by atoms with Gasteiger partial charge in [0.2, 0.25) is 0 Å². The lowest BCUT2D eigenvalue weighted by atomic mass is 9.87. The Morgan fingerprint density at radius 3 is 2.46 bits per heavy atom. The lowest BCUT2D eigenvalue weighted by Gasteiger charge is -2.38. The SMILES string of the molecule is CN1CC2CC[C@@H](C1)C2Nc1cc(=O)n(C2CC(F)(F)C2)cc1C(=O)NCc1cccc(C(F)F)c1F. The highest BCUT2D eigenvalue weighted by molar-refractivity contribution is 5.99. The van der Waals surface area contributed by atoms with Crippen LogP contribution in [-0.2, 0) is 6.54 Å². The molecule has 2 unspecified atom stereocenters. The van der Waals surface area contributed by atoms with Crippen LogP contribution in [0.4, 0.5) is 27.6 Å². The fourth-order valence-corrected chi connectivity index (χ4v) is 6.01. The number of aromatic nitrogens is 1. The van der Waals surface area contributed by atoms with Crippen LogP contribution in [0.1, 0.15) is 59.6 Å². The van der Waals surface area contributed by atoms with Gasteiger partial charge in [-0.25, -0.2) is 22.0 Å². The van der Waals surface area contributed by atoms with E-state index in [1.165, 1.54) is 24.4 Å². The van der Waals surface area contributed by atoms with Crippen molar-refractivity contribution in [2.75, 3.05) is 25.5 Å². The summed E-state index contributed by atoms with van der Waals surface area (Å²) in [5, 5.41) is 5.93. The van der Waals surface area contributed by atoms with Crippen LogP contribution in [0.25, 0.3) is 0 Å². The Bertz CT molecular complexity index is 1230. The van der Waals surface area contributed by atoms with Gasteiger partial charge < -0.3 is 20.1 Å². The molecular formula is C26H29F5N4O2. The summed E-state index contributed by atoms with van der Waals surface area (Å²) in [6.45, 7) is 1.40. The van der Waals surface area contributed by atoms with E-state index in [0.29, 0.717) is 11.8 Å². The molecular weight excluding hydrogens is 495 g/mol. The Morgan fingerprint density at radius 1 is 1.16 bits per heavy atom. The van der Waals surface area contributed by atoms with Crippen LogP contribution in [0.3, 0.4) is 0 Å². The van der Waals surface area contributed by atoms with Crippen LogP contribution in [0.2, 0.25) is 0 Å². The highest BCUT2D eigenvalue weighted by Crippen LogP contribution is 2.45. The zero-order chi connectivity index (χ0) is 26.5. The fourth-order valence-electron chi connectivity index (χ4n) is 6.01. The maximum atomic E-state index is 14.5. The molecule has 2 aliphatic carbocycles. The molecule has 0 spiro atoms. The summed E-state index contributed by atoms with van der Waals surface area (Å²) in [5.41, 5.74) is -1.00. The first-order valence-corrected chi connectivity index (χ1v) is 12.4. The number of alkyl halides is 4. The van der Waals surface area contributed by atoms with E-state index in [0.717, 1.165) is 36.6 Å². The molecule has 11 heteroatoms. The molecule has 3 atom stereocenters. The Morgan fingerprint density at radius 2 is 1.84 bits per heavy atom. The molecule has 1 aromatic carbocycles. The minimum absolute atomic E-state index is 0.0474. The molecule has 1 aliphatic heterocycles. The number of carbonyl (C=O) groups is 1. The predicted octanol–water partition coefficient (Wildman–Crippen LogP) is 4.58. The summed E-state index contributed by atoms with van der Waals surface area (Å²) < 4.78 is 68.8. The number of anilines is 1. The Hall–Kier alpha value is -2.95. The monoisotopic (exact) mass is 524 g/mol. The number of halogens is 5. The summed E-state index contributed by atoms with van der Waals surface area (Å²) in [7, 11) is 2.05. The first kappa shape index (κ1) is 25.7. The van der Waals surface area contributed by atoms with E-state index in [2.05, 4.69) is 22.6 Å². The maximum absolute atomic E-state index is 14.5. The van der Waals surface area contributed by atoms with Gasteiger partial charge in [0.05, 0.1) is 16.8 Å². The third kappa shape index (κ3) is 5.10. The van der Waals surface area contributed by atoms with Crippen molar-refractivity contribution in [2.24, 2.45) is 11.8 Å². The van der Waals surface area contributed by atoms with E-state index in [-0.39, 0.29) is 29.4 Å². The lowest BCUT2D eigenvalue weighted by Crippen LogP contribution is -2.47. The van der Waals surface area contributed by atoms with Crippen molar-refractivity contribution in [1.29, 1.82) is 0 Å². The zero-order valence-electron chi connectivity index (χ0n) is 20.3. The minimum atomic E-state index is -3.00. The van der Waals surface area contributed by atoms with Gasteiger partial charge in [0, 0.05) is 62.4 Å². The van der Waals surface area contributed by atoms with Gasteiger partial charge in [-0.3, -0.25) is 9.59 Å². The number of nitrogens with zero attached hydrogens (tertiary/aromatic N) is 2. The van der Waals surface area contributed by atoms with Crippen LogP contribution in [-0.4, -0.2) is 47.5 Å². The van der Waals surface area contributed by atoms with E-state index in [9.17, 15) is 31.5 Å². The quantitative estimate of drug-likeness (QED) is 0.521. The molecule has 1 aromatic heterocycles.